The van der Waals surface area contributed by atoms with Gasteiger partial charge >= 0.3 is 6.18 Å². The molecule has 0 saturated carbocycles. The fourth-order valence-electron chi connectivity index (χ4n) is 2.48. The number of carbonyl (C=O) groups excluding carboxylic acids is 1. The number of nitrogens with zero attached hydrogens (tertiary/aromatic N) is 1. The van der Waals surface area contributed by atoms with Gasteiger partial charge in [-0.05, 0) is 37.0 Å². The molecule has 0 radical (unpaired) electrons. The second-order valence-corrected chi connectivity index (χ2v) is 6.33. The number of hydrogen-bond donors (Lipinski definition) is 0. The van der Waals surface area contributed by atoms with Gasteiger partial charge in [-0.15, -0.1) is 11.6 Å². The minimum atomic E-state index is -4.56. The molecular formula is C14H14BrClF3NO. The van der Waals surface area contributed by atoms with Gasteiger partial charge in [0.2, 0.25) is 0 Å². The van der Waals surface area contributed by atoms with Gasteiger partial charge in [-0.2, -0.15) is 13.2 Å². The first-order valence-corrected chi connectivity index (χ1v) is 7.87. The van der Waals surface area contributed by atoms with E-state index in [2.05, 4.69) is 15.9 Å². The monoisotopic (exact) mass is 383 g/mol. The second-order valence-electron chi connectivity index (χ2n) is 5.10. The van der Waals surface area contributed by atoms with Gasteiger partial charge in [-0.3, -0.25) is 4.79 Å². The fraction of sp³-hybridized carbons (Fsp3) is 0.500. The zero-order chi connectivity index (χ0) is 15.6. The van der Waals surface area contributed by atoms with Gasteiger partial charge in [0.15, 0.2) is 0 Å². The summed E-state index contributed by atoms with van der Waals surface area (Å²) in [6.45, 7) is 0.884. The van der Waals surface area contributed by atoms with Crippen LogP contribution in [0.4, 0.5) is 13.2 Å². The highest BCUT2D eigenvalue weighted by atomic mass is 79.9. The van der Waals surface area contributed by atoms with E-state index in [0.29, 0.717) is 23.4 Å². The molecule has 1 amide bonds. The molecule has 1 unspecified atom stereocenters. The average molecular weight is 385 g/mol. The van der Waals surface area contributed by atoms with Crippen LogP contribution < -0.4 is 0 Å². The van der Waals surface area contributed by atoms with Gasteiger partial charge in [0, 0.05) is 23.4 Å². The highest BCUT2D eigenvalue weighted by Gasteiger charge is 2.37. The quantitative estimate of drug-likeness (QED) is 0.685. The number of benzene rings is 1. The Hall–Kier alpha value is -0.750. The molecule has 21 heavy (non-hydrogen) atoms. The summed E-state index contributed by atoms with van der Waals surface area (Å²) in [4.78, 5) is 13.9. The molecule has 0 N–H and O–H groups in total. The Kier molecular flexibility index (Phi) is 5.20. The van der Waals surface area contributed by atoms with Gasteiger partial charge in [-0.25, -0.2) is 0 Å². The summed E-state index contributed by atoms with van der Waals surface area (Å²) in [6.07, 6.45) is -2.89. The van der Waals surface area contributed by atoms with Gasteiger partial charge in [0.25, 0.3) is 5.91 Å². The number of alkyl halides is 4. The Morgan fingerprint density at radius 1 is 1.43 bits per heavy atom. The molecule has 1 atom stereocenters. The SMILES string of the molecule is O=C(c1ccc(Br)cc1C(F)(F)F)N1CCCC(CCl)C1. The zero-order valence-electron chi connectivity index (χ0n) is 11.1. The van der Waals surface area contributed by atoms with Crippen LogP contribution in [0.3, 0.4) is 0 Å². The molecule has 2 rings (SSSR count). The van der Waals surface area contributed by atoms with Crippen molar-refractivity contribution < 1.29 is 18.0 Å². The number of halogens is 5. The van der Waals surface area contributed by atoms with Crippen LogP contribution in [0.15, 0.2) is 22.7 Å². The predicted molar refractivity (Wildman–Crippen MR) is 78.5 cm³/mol. The topological polar surface area (TPSA) is 20.3 Å². The Bertz CT molecular complexity index is 535. The third-order valence-corrected chi connectivity index (χ3v) is 4.47. The lowest BCUT2D eigenvalue weighted by atomic mass is 9.98. The van der Waals surface area contributed by atoms with Crippen molar-refractivity contribution in [3.8, 4) is 0 Å². The highest BCUT2D eigenvalue weighted by Crippen LogP contribution is 2.35. The highest BCUT2D eigenvalue weighted by molar-refractivity contribution is 9.10. The van der Waals surface area contributed by atoms with Crippen LogP contribution in [0.25, 0.3) is 0 Å². The van der Waals surface area contributed by atoms with E-state index in [1.165, 1.54) is 17.0 Å². The molecule has 0 aromatic heterocycles. The van der Waals surface area contributed by atoms with Crippen molar-refractivity contribution in [2.75, 3.05) is 19.0 Å². The van der Waals surface area contributed by atoms with Gasteiger partial charge in [0.1, 0.15) is 0 Å². The summed E-state index contributed by atoms with van der Waals surface area (Å²) >= 11 is 8.81. The molecule has 0 bridgehead atoms. The van der Waals surface area contributed by atoms with Crippen LogP contribution in [0, 0.1) is 5.92 Å². The van der Waals surface area contributed by atoms with E-state index in [0.717, 1.165) is 18.9 Å². The number of piperidine rings is 1. The van der Waals surface area contributed by atoms with Crippen LogP contribution in [-0.4, -0.2) is 29.8 Å². The third kappa shape index (κ3) is 3.92. The predicted octanol–water partition coefficient (Wildman–Crippen LogP) is 4.56. The first-order valence-electron chi connectivity index (χ1n) is 6.55. The van der Waals surface area contributed by atoms with Crippen LogP contribution in [0.5, 0.6) is 0 Å². The van der Waals surface area contributed by atoms with E-state index in [9.17, 15) is 18.0 Å². The molecule has 1 aromatic carbocycles. The Morgan fingerprint density at radius 2 is 2.14 bits per heavy atom. The van der Waals surface area contributed by atoms with Crippen molar-refractivity contribution in [3.05, 3.63) is 33.8 Å². The molecule has 0 spiro atoms. The van der Waals surface area contributed by atoms with Crippen molar-refractivity contribution >= 4 is 33.4 Å². The largest absolute Gasteiger partial charge is 0.417 e. The van der Waals surface area contributed by atoms with Crippen molar-refractivity contribution in [1.29, 1.82) is 0 Å². The summed E-state index contributed by atoms with van der Waals surface area (Å²) < 4.78 is 39.6. The first-order chi connectivity index (χ1) is 9.82. The number of amides is 1. The molecule has 116 valence electrons. The van der Waals surface area contributed by atoms with Crippen LogP contribution >= 0.6 is 27.5 Å². The molecule has 1 aliphatic rings. The van der Waals surface area contributed by atoms with Crippen molar-refractivity contribution in [2.45, 2.75) is 19.0 Å². The first kappa shape index (κ1) is 16.6. The summed E-state index contributed by atoms with van der Waals surface area (Å²) in [5.41, 5.74) is -1.21. The lowest BCUT2D eigenvalue weighted by Crippen LogP contribution is -2.41. The number of carbonyl (C=O) groups is 1. The lowest BCUT2D eigenvalue weighted by Gasteiger charge is -2.32. The molecule has 7 heteroatoms. The lowest BCUT2D eigenvalue weighted by molar-refractivity contribution is -0.138. The molecular weight excluding hydrogens is 371 g/mol. The summed E-state index contributed by atoms with van der Waals surface area (Å²) in [6, 6.07) is 3.61. The van der Waals surface area contributed by atoms with E-state index < -0.39 is 17.6 Å². The van der Waals surface area contributed by atoms with Crippen LogP contribution in [-0.2, 0) is 6.18 Å². The molecule has 1 heterocycles. The van der Waals surface area contributed by atoms with E-state index >= 15 is 0 Å². The van der Waals surface area contributed by atoms with Crippen molar-refractivity contribution in [1.82, 2.24) is 4.90 Å². The smallest absolute Gasteiger partial charge is 0.338 e. The molecule has 1 saturated heterocycles. The molecule has 2 nitrogen and oxygen atoms in total. The third-order valence-electron chi connectivity index (χ3n) is 3.54. The maximum absolute atomic E-state index is 13.1. The van der Waals surface area contributed by atoms with Gasteiger partial charge < -0.3 is 4.90 Å². The minimum absolute atomic E-state index is 0.147. The van der Waals surface area contributed by atoms with E-state index in [1.54, 1.807) is 0 Å². The van der Waals surface area contributed by atoms with E-state index in [-0.39, 0.29) is 11.5 Å². The Balaban J connectivity index is 2.31. The summed E-state index contributed by atoms with van der Waals surface area (Å²) in [7, 11) is 0. The minimum Gasteiger partial charge on any atom is -0.338 e. The molecule has 0 aliphatic carbocycles. The summed E-state index contributed by atoms with van der Waals surface area (Å²) in [5, 5.41) is 0. The molecule has 1 aromatic rings. The molecule has 1 fully saturated rings. The van der Waals surface area contributed by atoms with Crippen LogP contribution in [0.1, 0.15) is 28.8 Å². The van der Waals surface area contributed by atoms with Crippen LogP contribution in [0.2, 0.25) is 0 Å². The van der Waals surface area contributed by atoms with Crippen molar-refractivity contribution in [3.63, 3.8) is 0 Å². The van der Waals surface area contributed by atoms with Crippen molar-refractivity contribution in [2.24, 2.45) is 5.92 Å². The van der Waals surface area contributed by atoms with Gasteiger partial charge in [-0.1, -0.05) is 15.9 Å². The Morgan fingerprint density at radius 3 is 2.76 bits per heavy atom. The number of hydrogen-bond acceptors (Lipinski definition) is 1. The maximum Gasteiger partial charge on any atom is 0.417 e. The van der Waals surface area contributed by atoms with Gasteiger partial charge in [0.05, 0.1) is 11.1 Å². The fourth-order valence-corrected chi connectivity index (χ4v) is 3.10. The number of rotatable bonds is 2. The van der Waals surface area contributed by atoms with E-state index in [4.69, 9.17) is 11.6 Å². The Labute approximate surface area is 134 Å². The van der Waals surface area contributed by atoms with E-state index in [1.807, 2.05) is 0 Å². The number of likely N-dealkylation sites (tertiary alicyclic amines) is 1. The zero-order valence-corrected chi connectivity index (χ0v) is 13.4. The average Bonchev–Trinajstić information content (AvgIpc) is 2.45. The summed E-state index contributed by atoms with van der Waals surface area (Å²) in [5.74, 6) is -0.0187. The second kappa shape index (κ2) is 6.57. The standard InChI is InChI=1S/C14H14BrClF3NO/c15-10-3-4-11(12(6-10)14(17,18)19)13(21)20-5-1-2-9(7-16)8-20/h3-4,6,9H,1-2,5,7-8H2. The maximum atomic E-state index is 13.1. The normalized spacial score (nSPS) is 19.7. The molecule has 1 aliphatic heterocycles.